The summed E-state index contributed by atoms with van der Waals surface area (Å²) < 4.78 is 11.0. The zero-order chi connectivity index (χ0) is 11.4. The molecule has 0 aliphatic carbocycles. The number of aryl methyl sites for hydroxylation is 3. The Hall–Kier alpha value is -0.800. The minimum atomic E-state index is 0.888. The predicted octanol–water partition coefficient (Wildman–Crippen LogP) is 2.16. The Bertz CT molecular complexity index is 307. The van der Waals surface area contributed by atoms with Crippen LogP contribution >= 0.6 is 0 Å². The highest BCUT2D eigenvalue weighted by Gasteiger charge is 2.10. The number of morpholine rings is 1. The van der Waals surface area contributed by atoms with Crippen LogP contribution in [-0.4, -0.2) is 37.7 Å². The molecule has 1 aliphatic rings. The summed E-state index contributed by atoms with van der Waals surface area (Å²) in [4.78, 5) is 2.46. The van der Waals surface area contributed by atoms with E-state index in [1.165, 1.54) is 12.0 Å². The van der Waals surface area contributed by atoms with E-state index < -0.39 is 0 Å². The highest BCUT2D eigenvalue weighted by Crippen LogP contribution is 2.14. The van der Waals surface area contributed by atoms with Crippen molar-refractivity contribution in [2.75, 3.05) is 32.8 Å². The van der Waals surface area contributed by atoms with Crippen LogP contribution in [-0.2, 0) is 11.2 Å². The normalized spacial score (nSPS) is 17.9. The number of rotatable bonds is 4. The summed E-state index contributed by atoms with van der Waals surface area (Å²) >= 11 is 0. The van der Waals surface area contributed by atoms with E-state index in [2.05, 4.69) is 17.9 Å². The van der Waals surface area contributed by atoms with Gasteiger partial charge in [-0.3, -0.25) is 4.90 Å². The van der Waals surface area contributed by atoms with Crippen molar-refractivity contribution >= 4 is 0 Å². The van der Waals surface area contributed by atoms with Gasteiger partial charge in [-0.05, 0) is 38.4 Å². The molecule has 2 heterocycles. The highest BCUT2D eigenvalue weighted by molar-refractivity contribution is 5.18. The Morgan fingerprint density at radius 1 is 1.25 bits per heavy atom. The molecular weight excluding hydrogens is 202 g/mol. The van der Waals surface area contributed by atoms with Crippen molar-refractivity contribution in [3.63, 3.8) is 0 Å². The van der Waals surface area contributed by atoms with E-state index in [1.807, 2.05) is 6.92 Å². The maximum atomic E-state index is 5.66. The molecule has 1 aliphatic heterocycles. The lowest BCUT2D eigenvalue weighted by atomic mass is 10.2. The summed E-state index contributed by atoms with van der Waals surface area (Å²) in [6.45, 7) is 9.22. The lowest BCUT2D eigenvalue weighted by Crippen LogP contribution is -2.36. The monoisotopic (exact) mass is 223 g/mol. The second-order valence-electron chi connectivity index (χ2n) is 4.51. The third kappa shape index (κ3) is 3.09. The largest absolute Gasteiger partial charge is 0.466 e. The van der Waals surface area contributed by atoms with Gasteiger partial charge in [0.1, 0.15) is 11.5 Å². The summed E-state index contributed by atoms with van der Waals surface area (Å²) in [5.41, 5.74) is 1.27. The van der Waals surface area contributed by atoms with Gasteiger partial charge in [-0.2, -0.15) is 0 Å². The van der Waals surface area contributed by atoms with Crippen molar-refractivity contribution in [2.45, 2.75) is 26.7 Å². The van der Waals surface area contributed by atoms with Crippen molar-refractivity contribution in [1.82, 2.24) is 4.90 Å². The Morgan fingerprint density at radius 3 is 2.62 bits per heavy atom. The van der Waals surface area contributed by atoms with Crippen molar-refractivity contribution in [3.8, 4) is 0 Å². The molecule has 3 nitrogen and oxygen atoms in total. The van der Waals surface area contributed by atoms with Crippen molar-refractivity contribution in [1.29, 1.82) is 0 Å². The van der Waals surface area contributed by atoms with E-state index in [9.17, 15) is 0 Å². The molecule has 1 aromatic rings. The quantitative estimate of drug-likeness (QED) is 0.782. The van der Waals surface area contributed by atoms with Crippen LogP contribution in [0.15, 0.2) is 10.5 Å². The molecule has 0 bridgehead atoms. The molecule has 1 aromatic heterocycles. The number of hydrogen-bond acceptors (Lipinski definition) is 3. The molecule has 3 heteroatoms. The van der Waals surface area contributed by atoms with Gasteiger partial charge in [-0.1, -0.05) is 0 Å². The van der Waals surface area contributed by atoms with E-state index in [0.717, 1.165) is 50.8 Å². The molecule has 1 fully saturated rings. The standard InChI is InChI=1S/C13H21NO2/c1-11-10-13(16-12(11)2)4-3-5-14-6-8-15-9-7-14/h10H,3-9H2,1-2H3. The molecule has 0 unspecified atom stereocenters. The minimum Gasteiger partial charge on any atom is -0.466 e. The second kappa shape index (κ2) is 5.51. The van der Waals surface area contributed by atoms with Gasteiger partial charge in [-0.25, -0.2) is 0 Å². The fraction of sp³-hybridized carbons (Fsp3) is 0.692. The molecule has 0 saturated carbocycles. The first-order chi connectivity index (χ1) is 7.75. The average molecular weight is 223 g/mol. The zero-order valence-corrected chi connectivity index (χ0v) is 10.3. The molecule has 2 rings (SSSR count). The van der Waals surface area contributed by atoms with Gasteiger partial charge in [0.2, 0.25) is 0 Å². The van der Waals surface area contributed by atoms with E-state index in [1.54, 1.807) is 0 Å². The molecular formula is C13H21NO2. The van der Waals surface area contributed by atoms with Gasteiger partial charge in [0.15, 0.2) is 0 Å². The summed E-state index contributed by atoms with van der Waals surface area (Å²) in [6, 6.07) is 2.16. The maximum absolute atomic E-state index is 5.66. The number of ether oxygens (including phenoxy) is 1. The van der Waals surface area contributed by atoms with Crippen LogP contribution in [0.3, 0.4) is 0 Å². The highest BCUT2D eigenvalue weighted by atomic mass is 16.5. The van der Waals surface area contributed by atoms with Crippen LogP contribution in [0.1, 0.15) is 23.5 Å². The summed E-state index contributed by atoms with van der Waals surface area (Å²) in [5.74, 6) is 2.18. The molecule has 0 aromatic carbocycles. The van der Waals surface area contributed by atoms with Crippen LogP contribution < -0.4 is 0 Å². The summed E-state index contributed by atoms with van der Waals surface area (Å²) in [7, 11) is 0. The van der Waals surface area contributed by atoms with E-state index in [-0.39, 0.29) is 0 Å². The van der Waals surface area contributed by atoms with Crippen LogP contribution in [0.5, 0.6) is 0 Å². The Kier molecular flexibility index (Phi) is 4.02. The first kappa shape index (κ1) is 11.7. The molecule has 0 atom stereocenters. The van der Waals surface area contributed by atoms with Crippen LogP contribution in [0.25, 0.3) is 0 Å². The van der Waals surface area contributed by atoms with Crippen molar-refractivity contribution < 1.29 is 9.15 Å². The van der Waals surface area contributed by atoms with Crippen molar-refractivity contribution in [3.05, 3.63) is 23.2 Å². The number of hydrogen-bond donors (Lipinski definition) is 0. The van der Waals surface area contributed by atoms with Gasteiger partial charge in [0.25, 0.3) is 0 Å². The lowest BCUT2D eigenvalue weighted by Gasteiger charge is -2.26. The lowest BCUT2D eigenvalue weighted by molar-refractivity contribution is 0.0373. The molecule has 16 heavy (non-hydrogen) atoms. The fourth-order valence-electron chi connectivity index (χ4n) is 2.07. The van der Waals surface area contributed by atoms with Crippen LogP contribution in [0.2, 0.25) is 0 Å². The van der Waals surface area contributed by atoms with Gasteiger partial charge >= 0.3 is 0 Å². The van der Waals surface area contributed by atoms with E-state index in [4.69, 9.17) is 9.15 Å². The molecule has 90 valence electrons. The summed E-state index contributed by atoms with van der Waals surface area (Å²) in [5, 5.41) is 0. The van der Waals surface area contributed by atoms with Gasteiger partial charge in [0, 0.05) is 19.5 Å². The first-order valence-corrected chi connectivity index (χ1v) is 6.12. The van der Waals surface area contributed by atoms with Crippen LogP contribution in [0.4, 0.5) is 0 Å². The zero-order valence-electron chi connectivity index (χ0n) is 10.3. The maximum Gasteiger partial charge on any atom is 0.104 e. The third-order valence-electron chi connectivity index (χ3n) is 3.22. The fourth-order valence-corrected chi connectivity index (χ4v) is 2.07. The topological polar surface area (TPSA) is 25.6 Å². The number of nitrogens with zero attached hydrogens (tertiary/aromatic N) is 1. The third-order valence-corrected chi connectivity index (χ3v) is 3.22. The molecule has 0 amide bonds. The van der Waals surface area contributed by atoms with Crippen molar-refractivity contribution in [2.24, 2.45) is 0 Å². The van der Waals surface area contributed by atoms with Gasteiger partial charge in [-0.15, -0.1) is 0 Å². The molecule has 1 saturated heterocycles. The SMILES string of the molecule is Cc1cc(CCCN2CCOCC2)oc1C. The second-order valence-corrected chi connectivity index (χ2v) is 4.51. The van der Waals surface area contributed by atoms with E-state index in [0.29, 0.717) is 0 Å². The molecule has 0 N–H and O–H groups in total. The Morgan fingerprint density at radius 2 is 2.00 bits per heavy atom. The van der Waals surface area contributed by atoms with Crippen LogP contribution in [0, 0.1) is 13.8 Å². The Labute approximate surface area is 97.4 Å². The molecule has 0 spiro atoms. The van der Waals surface area contributed by atoms with Gasteiger partial charge < -0.3 is 9.15 Å². The van der Waals surface area contributed by atoms with Gasteiger partial charge in [0.05, 0.1) is 13.2 Å². The number of furan rings is 1. The minimum absolute atomic E-state index is 0.888. The van der Waals surface area contributed by atoms with E-state index >= 15 is 0 Å². The smallest absolute Gasteiger partial charge is 0.104 e. The Balaban J connectivity index is 1.71. The predicted molar refractivity (Wildman–Crippen MR) is 63.8 cm³/mol. The first-order valence-electron chi connectivity index (χ1n) is 6.12. The molecule has 0 radical (unpaired) electrons. The average Bonchev–Trinajstić information content (AvgIpc) is 2.60. The summed E-state index contributed by atoms with van der Waals surface area (Å²) in [6.07, 6.45) is 2.22.